The molecule has 0 unspecified atom stereocenters. The van der Waals surface area contributed by atoms with E-state index in [-0.39, 0.29) is 6.04 Å². The number of nitrogens with two attached hydrogens (primary N) is 1. The largest absolute Gasteiger partial charge is 0.496 e. The minimum absolute atomic E-state index is 0.0224. The van der Waals surface area contributed by atoms with Gasteiger partial charge in [-0.05, 0) is 18.8 Å². The second kappa shape index (κ2) is 4.84. The summed E-state index contributed by atoms with van der Waals surface area (Å²) in [5.74, 6) is 2.73. The molecule has 0 radical (unpaired) electrons. The fourth-order valence-electron chi connectivity index (χ4n) is 2.05. The smallest absolute Gasteiger partial charge is 0.131 e. The molecular weight excluding hydrogens is 218 g/mol. The molecule has 1 atom stereocenters. The molecule has 0 heterocycles. The average molecular weight is 237 g/mol. The summed E-state index contributed by atoms with van der Waals surface area (Å²) < 4.78 is 16.0. The van der Waals surface area contributed by atoms with Crippen molar-refractivity contribution in [2.45, 2.75) is 18.9 Å². The minimum atomic E-state index is -0.0224. The zero-order valence-electron chi connectivity index (χ0n) is 10.5. The Balaban J connectivity index is 2.45. The van der Waals surface area contributed by atoms with Gasteiger partial charge < -0.3 is 19.9 Å². The van der Waals surface area contributed by atoms with Crippen LogP contribution >= 0.6 is 0 Å². The zero-order valence-corrected chi connectivity index (χ0v) is 10.5. The maximum Gasteiger partial charge on any atom is 0.131 e. The highest BCUT2D eigenvalue weighted by molar-refractivity contribution is 5.52. The Kier molecular flexibility index (Phi) is 3.43. The molecule has 4 heteroatoms. The van der Waals surface area contributed by atoms with Crippen LogP contribution in [0.2, 0.25) is 0 Å². The van der Waals surface area contributed by atoms with Crippen molar-refractivity contribution >= 4 is 0 Å². The number of rotatable bonds is 5. The molecule has 1 saturated carbocycles. The second-order valence-electron chi connectivity index (χ2n) is 4.31. The molecule has 94 valence electrons. The first kappa shape index (κ1) is 12.0. The van der Waals surface area contributed by atoms with Crippen LogP contribution in [0.25, 0.3) is 0 Å². The Hall–Kier alpha value is -1.42. The van der Waals surface area contributed by atoms with Gasteiger partial charge in [-0.3, -0.25) is 0 Å². The Morgan fingerprint density at radius 3 is 1.94 bits per heavy atom. The highest BCUT2D eigenvalue weighted by atomic mass is 16.5. The Morgan fingerprint density at radius 1 is 1.06 bits per heavy atom. The normalized spacial score (nSPS) is 16.5. The van der Waals surface area contributed by atoms with Crippen LogP contribution < -0.4 is 19.9 Å². The Bertz CT molecular complexity index is 377. The van der Waals surface area contributed by atoms with E-state index < -0.39 is 0 Å². The molecular formula is C13H19NO3. The third-order valence-corrected chi connectivity index (χ3v) is 3.22. The van der Waals surface area contributed by atoms with Gasteiger partial charge in [-0.15, -0.1) is 0 Å². The molecule has 2 N–H and O–H groups in total. The Labute approximate surface area is 102 Å². The highest BCUT2D eigenvalue weighted by Gasteiger charge is 2.33. The molecule has 0 aliphatic heterocycles. The number of methoxy groups -OCH3 is 3. The summed E-state index contributed by atoms with van der Waals surface area (Å²) in [6.45, 7) is 0. The van der Waals surface area contributed by atoms with E-state index in [1.807, 2.05) is 12.1 Å². The van der Waals surface area contributed by atoms with Crippen LogP contribution in [0.3, 0.4) is 0 Å². The molecule has 4 nitrogen and oxygen atoms in total. The van der Waals surface area contributed by atoms with Crippen LogP contribution in [0.4, 0.5) is 0 Å². The van der Waals surface area contributed by atoms with Crippen molar-refractivity contribution in [2.75, 3.05) is 21.3 Å². The van der Waals surface area contributed by atoms with Crippen molar-refractivity contribution in [3.63, 3.8) is 0 Å². The third kappa shape index (κ3) is 2.31. The van der Waals surface area contributed by atoms with Crippen molar-refractivity contribution < 1.29 is 14.2 Å². The summed E-state index contributed by atoms with van der Waals surface area (Å²) in [6, 6.07) is 3.67. The van der Waals surface area contributed by atoms with E-state index in [2.05, 4.69) is 0 Å². The molecule has 0 spiro atoms. The van der Waals surface area contributed by atoms with Gasteiger partial charge in [0, 0.05) is 18.2 Å². The van der Waals surface area contributed by atoms with Crippen LogP contribution in [0.15, 0.2) is 12.1 Å². The predicted molar refractivity (Wildman–Crippen MR) is 65.8 cm³/mol. The van der Waals surface area contributed by atoms with Crippen LogP contribution in [-0.4, -0.2) is 21.3 Å². The summed E-state index contributed by atoms with van der Waals surface area (Å²) in [5.41, 5.74) is 7.19. The van der Waals surface area contributed by atoms with Crippen LogP contribution in [0.5, 0.6) is 17.2 Å². The zero-order chi connectivity index (χ0) is 12.4. The first-order valence-electron chi connectivity index (χ1n) is 5.76. The van der Waals surface area contributed by atoms with Gasteiger partial charge >= 0.3 is 0 Å². The quantitative estimate of drug-likeness (QED) is 0.852. The maximum atomic E-state index is 6.24. The van der Waals surface area contributed by atoms with Gasteiger partial charge in [0.1, 0.15) is 17.2 Å². The number of hydrogen-bond donors (Lipinski definition) is 1. The number of hydrogen-bond acceptors (Lipinski definition) is 4. The lowest BCUT2D eigenvalue weighted by Crippen LogP contribution is -2.15. The SMILES string of the molecule is COc1cc(OC)c([C@H](N)C2CC2)c(OC)c1. The molecule has 17 heavy (non-hydrogen) atoms. The predicted octanol–water partition coefficient (Wildman–Crippen LogP) is 2.12. The standard InChI is InChI=1S/C13H19NO3/c1-15-9-6-10(16-2)12(11(7-9)17-3)13(14)8-4-5-8/h6-8,13H,4-5,14H2,1-3H3/t13-/m1/s1. The molecule has 0 amide bonds. The van der Waals surface area contributed by atoms with E-state index >= 15 is 0 Å². The number of benzene rings is 1. The van der Waals surface area contributed by atoms with E-state index in [1.54, 1.807) is 21.3 Å². The molecule has 0 bridgehead atoms. The third-order valence-electron chi connectivity index (χ3n) is 3.22. The van der Waals surface area contributed by atoms with Gasteiger partial charge in [-0.2, -0.15) is 0 Å². The van der Waals surface area contributed by atoms with Crippen molar-refractivity contribution in [1.82, 2.24) is 0 Å². The van der Waals surface area contributed by atoms with E-state index in [0.29, 0.717) is 11.7 Å². The molecule has 1 aromatic rings. The number of ether oxygens (including phenoxy) is 3. The first-order valence-corrected chi connectivity index (χ1v) is 5.76. The summed E-state index contributed by atoms with van der Waals surface area (Å²) in [6.07, 6.45) is 2.36. The fourth-order valence-corrected chi connectivity index (χ4v) is 2.05. The van der Waals surface area contributed by atoms with Gasteiger partial charge in [-0.1, -0.05) is 0 Å². The van der Waals surface area contributed by atoms with Gasteiger partial charge in [-0.25, -0.2) is 0 Å². The summed E-state index contributed by atoms with van der Waals surface area (Å²) in [4.78, 5) is 0. The molecule has 1 aliphatic carbocycles. The van der Waals surface area contributed by atoms with Gasteiger partial charge in [0.2, 0.25) is 0 Å². The fraction of sp³-hybridized carbons (Fsp3) is 0.538. The van der Waals surface area contributed by atoms with Crippen LogP contribution in [0.1, 0.15) is 24.4 Å². The second-order valence-corrected chi connectivity index (χ2v) is 4.31. The lowest BCUT2D eigenvalue weighted by Gasteiger charge is -2.19. The van der Waals surface area contributed by atoms with Crippen molar-refractivity contribution in [1.29, 1.82) is 0 Å². The van der Waals surface area contributed by atoms with E-state index in [9.17, 15) is 0 Å². The van der Waals surface area contributed by atoms with Crippen LogP contribution in [0, 0.1) is 5.92 Å². The van der Waals surface area contributed by atoms with Crippen molar-refractivity contribution in [3.8, 4) is 17.2 Å². The molecule has 1 aromatic carbocycles. The topological polar surface area (TPSA) is 53.7 Å². The van der Waals surface area contributed by atoms with Crippen LogP contribution in [-0.2, 0) is 0 Å². The van der Waals surface area contributed by atoms with E-state index in [4.69, 9.17) is 19.9 Å². The van der Waals surface area contributed by atoms with Gasteiger partial charge in [0.15, 0.2) is 0 Å². The highest BCUT2D eigenvalue weighted by Crippen LogP contribution is 2.46. The molecule has 2 rings (SSSR count). The van der Waals surface area contributed by atoms with Crippen molar-refractivity contribution in [2.24, 2.45) is 11.7 Å². The van der Waals surface area contributed by atoms with Crippen molar-refractivity contribution in [3.05, 3.63) is 17.7 Å². The van der Waals surface area contributed by atoms with E-state index in [1.165, 1.54) is 12.8 Å². The van der Waals surface area contributed by atoms with E-state index in [0.717, 1.165) is 17.1 Å². The monoisotopic (exact) mass is 237 g/mol. The Morgan fingerprint density at radius 2 is 1.59 bits per heavy atom. The lowest BCUT2D eigenvalue weighted by molar-refractivity contribution is 0.361. The molecule has 0 saturated heterocycles. The van der Waals surface area contributed by atoms with Gasteiger partial charge in [0.05, 0.1) is 26.9 Å². The molecule has 1 fully saturated rings. The average Bonchev–Trinajstić information content (AvgIpc) is 3.20. The molecule has 1 aliphatic rings. The summed E-state index contributed by atoms with van der Waals surface area (Å²) in [5, 5.41) is 0. The maximum absolute atomic E-state index is 6.24. The summed E-state index contributed by atoms with van der Waals surface area (Å²) >= 11 is 0. The minimum Gasteiger partial charge on any atom is -0.496 e. The summed E-state index contributed by atoms with van der Waals surface area (Å²) in [7, 11) is 4.89. The van der Waals surface area contributed by atoms with Gasteiger partial charge in [0.25, 0.3) is 0 Å². The molecule has 0 aromatic heterocycles. The first-order chi connectivity index (χ1) is 8.21. The lowest BCUT2D eigenvalue weighted by atomic mass is 10.0.